The molecule has 0 spiro atoms. The highest BCUT2D eigenvalue weighted by atomic mass is 16.5. The molecule has 0 aliphatic carbocycles. The van der Waals surface area contributed by atoms with Crippen LogP contribution in [-0.4, -0.2) is 17.8 Å². The first-order chi connectivity index (χ1) is 6.91. The topological polar surface area (TPSA) is 55.5 Å². The third kappa shape index (κ3) is 3.44. The minimum Gasteiger partial charge on any atom is -0.504 e. The van der Waals surface area contributed by atoms with Gasteiger partial charge in [-0.3, -0.25) is 0 Å². The van der Waals surface area contributed by atoms with Gasteiger partial charge in [0, 0.05) is 6.04 Å². The van der Waals surface area contributed by atoms with E-state index in [-0.39, 0.29) is 17.2 Å². The molecule has 3 N–H and O–H groups in total. The van der Waals surface area contributed by atoms with Crippen LogP contribution in [0.4, 0.5) is 0 Å². The maximum Gasteiger partial charge on any atom is 0.160 e. The molecule has 3 heteroatoms. The van der Waals surface area contributed by atoms with Gasteiger partial charge in [-0.05, 0) is 17.5 Å². The van der Waals surface area contributed by atoms with Crippen molar-refractivity contribution >= 4 is 0 Å². The summed E-state index contributed by atoms with van der Waals surface area (Å²) in [6.45, 7) is 6.59. The predicted molar refractivity (Wildman–Crippen MR) is 61.0 cm³/mol. The Kier molecular flexibility index (Phi) is 3.58. The van der Waals surface area contributed by atoms with Crippen LogP contribution in [-0.2, 0) is 0 Å². The van der Waals surface area contributed by atoms with Crippen molar-refractivity contribution < 1.29 is 9.84 Å². The molecule has 1 atom stereocenters. The Bertz CT molecular complexity index is 318. The lowest BCUT2D eigenvalue weighted by molar-refractivity contribution is 0.200. The number of nitrogens with two attached hydrogens (primary N) is 1. The average molecular weight is 209 g/mol. The number of phenols is 1. The Labute approximate surface area is 90.9 Å². The summed E-state index contributed by atoms with van der Waals surface area (Å²) in [6.07, 6.45) is 0. The molecule has 0 heterocycles. The molecule has 1 aromatic rings. The van der Waals surface area contributed by atoms with Crippen molar-refractivity contribution in [1.82, 2.24) is 0 Å². The number of ether oxygens (including phenoxy) is 1. The molecule has 0 saturated heterocycles. The molecular formula is C12H19NO2. The van der Waals surface area contributed by atoms with Gasteiger partial charge in [0.15, 0.2) is 11.5 Å². The van der Waals surface area contributed by atoms with E-state index in [2.05, 4.69) is 20.8 Å². The van der Waals surface area contributed by atoms with Crippen LogP contribution < -0.4 is 10.5 Å². The average Bonchev–Trinajstić information content (AvgIpc) is 2.14. The second-order valence-corrected chi connectivity index (χ2v) is 4.75. The zero-order valence-electron chi connectivity index (χ0n) is 9.53. The maximum atomic E-state index is 9.46. The Morgan fingerprint density at radius 3 is 2.47 bits per heavy atom. The lowest BCUT2D eigenvalue weighted by Crippen LogP contribution is -2.40. The second kappa shape index (κ2) is 4.53. The number of hydrogen-bond donors (Lipinski definition) is 2. The molecule has 0 fully saturated rings. The molecule has 0 bridgehead atoms. The van der Waals surface area contributed by atoms with Gasteiger partial charge in [0.25, 0.3) is 0 Å². The Morgan fingerprint density at radius 1 is 1.33 bits per heavy atom. The zero-order chi connectivity index (χ0) is 11.5. The van der Waals surface area contributed by atoms with Crippen LogP contribution in [0, 0.1) is 5.41 Å². The van der Waals surface area contributed by atoms with E-state index in [1.54, 1.807) is 18.2 Å². The molecule has 84 valence electrons. The third-order valence-corrected chi connectivity index (χ3v) is 2.40. The molecule has 0 radical (unpaired) electrons. The molecule has 15 heavy (non-hydrogen) atoms. The van der Waals surface area contributed by atoms with Crippen LogP contribution in [0.2, 0.25) is 0 Å². The van der Waals surface area contributed by atoms with Crippen LogP contribution in [0.3, 0.4) is 0 Å². The molecule has 0 aliphatic rings. The van der Waals surface area contributed by atoms with Gasteiger partial charge in [0.05, 0.1) is 0 Å². The van der Waals surface area contributed by atoms with Gasteiger partial charge in [-0.2, -0.15) is 0 Å². The fraction of sp³-hybridized carbons (Fsp3) is 0.500. The van der Waals surface area contributed by atoms with Gasteiger partial charge in [0.1, 0.15) is 6.61 Å². The quantitative estimate of drug-likeness (QED) is 0.802. The van der Waals surface area contributed by atoms with Crippen molar-refractivity contribution in [3.63, 3.8) is 0 Å². The minimum absolute atomic E-state index is 0.00436. The Morgan fingerprint density at radius 2 is 1.93 bits per heavy atom. The van der Waals surface area contributed by atoms with E-state index in [1.807, 2.05) is 6.07 Å². The van der Waals surface area contributed by atoms with Crippen LogP contribution in [0.15, 0.2) is 24.3 Å². The first-order valence-corrected chi connectivity index (χ1v) is 5.07. The summed E-state index contributed by atoms with van der Waals surface area (Å²) in [5.74, 6) is 0.635. The lowest BCUT2D eigenvalue weighted by Gasteiger charge is -2.26. The van der Waals surface area contributed by atoms with Gasteiger partial charge in [-0.15, -0.1) is 0 Å². The predicted octanol–water partition coefficient (Wildman–Crippen LogP) is 2.14. The van der Waals surface area contributed by atoms with Crippen molar-refractivity contribution in [3.05, 3.63) is 24.3 Å². The molecule has 1 unspecified atom stereocenters. The summed E-state index contributed by atoms with van der Waals surface area (Å²) in [5.41, 5.74) is 5.95. The fourth-order valence-electron chi connectivity index (χ4n) is 1.01. The molecule has 0 aromatic heterocycles. The lowest BCUT2D eigenvalue weighted by atomic mass is 9.88. The second-order valence-electron chi connectivity index (χ2n) is 4.75. The standard InChI is InChI=1S/C12H19NO2/c1-12(2,3)11(13)8-15-10-7-5-4-6-9(10)14/h4-7,11,14H,8,13H2,1-3H3. The summed E-state index contributed by atoms with van der Waals surface area (Å²) >= 11 is 0. The summed E-state index contributed by atoms with van der Waals surface area (Å²) in [6, 6.07) is 6.84. The van der Waals surface area contributed by atoms with Crippen LogP contribution in [0.5, 0.6) is 11.5 Å². The van der Waals surface area contributed by atoms with Crippen LogP contribution >= 0.6 is 0 Å². The first kappa shape index (κ1) is 11.9. The summed E-state index contributed by atoms with van der Waals surface area (Å²) in [7, 11) is 0. The van der Waals surface area contributed by atoms with E-state index < -0.39 is 0 Å². The van der Waals surface area contributed by atoms with E-state index >= 15 is 0 Å². The maximum absolute atomic E-state index is 9.46. The molecule has 1 aromatic carbocycles. The minimum atomic E-state index is -0.0582. The normalized spacial score (nSPS) is 13.6. The summed E-state index contributed by atoms with van der Waals surface area (Å²) < 4.78 is 5.45. The van der Waals surface area contributed by atoms with Crippen LogP contribution in [0.25, 0.3) is 0 Å². The van der Waals surface area contributed by atoms with E-state index in [0.717, 1.165) is 0 Å². The van der Waals surface area contributed by atoms with Crippen molar-refractivity contribution in [1.29, 1.82) is 0 Å². The van der Waals surface area contributed by atoms with Crippen molar-refractivity contribution in [3.8, 4) is 11.5 Å². The monoisotopic (exact) mass is 209 g/mol. The summed E-state index contributed by atoms with van der Waals surface area (Å²) in [4.78, 5) is 0. The first-order valence-electron chi connectivity index (χ1n) is 5.07. The van der Waals surface area contributed by atoms with E-state index in [0.29, 0.717) is 12.4 Å². The molecule has 1 rings (SSSR count). The Balaban J connectivity index is 2.55. The number of para-hydroxylation sites is 2. The number of aromatic hydroxyl groups is 1. The highest BCUT2D eigenvalue weighted by Crippen LogP contribution is 2.25. The van der Waals surface area contributed by atoms with Gasteiger partial charge in [-0.25, -0.2) is 0 Å². The van der Waals surface area contributed by atoms with E-state index in [4.69, 9.17) is 10.5 Å². The molecule has 0 amide bonds. The van der Waals surface area contributed by atoms with Gasteiger partial charge in [0.2, 0.25) is 0 Å². The number of phenolic OH excluding ortho intramolecular Hbond substituents is 1. The highest BCUT2D eigenvalue weighted by Gasteiger charge is 2.21. The largest absolute Gasteiger partial charge is 0.504 e. The van der Waals surface area contributed by atoms with Crippen molar-refractivity contribution in [2.45, 2.75) is 26.8 Å². The molecule has 3 nitrogen and oxygen atoms in total. The third-order valence-electron chi connectivity index (χ3n) is 2.40. The van der Waals surface area contributed by atoms with Gasteiger partial charge in [-0.1, -0.05) is 32.9 Å². The van der Waals surface area contributed by atoms with E-state index in [1.165, 1.54) is 0 Å². The van der Waals surface area contributed by atoms with Gasteiger partial charge >= 0.3 is 0 Å². The highest BCUT2D eigenvalue weighted by molar-refractivity contribution is 5.37. The van der Waals surface area contributed by atoms with Gasteiger partial charge < -0.3 is 15.6 Å². The molecule has 0 aliphatic heterocycles. The number of hydrogen-bond acceptors (Lipinski definition) is 3. The summed E-state index contributed by atoms with van der Waals surface area (Å²) in [5, 5.41) is 9.46. The van der Waals surface area contributed by atoms with E-state index in [9.17, 15) is 5.11 Å². The smallest absolute Gasteiger partial charge is 0.160 e. The fourth-order valence-corrected chi connectivity index (χ4v) is 1.01. The number of benzene rings is 1. The SMILES string of the molecule is CC(C)(C)C(N)COc1ccccc1O. The molecule has 0 saturated carbocycles. The van der Waals surface area contributed by atoms with Crippen LogP contribution in [0.1, 0.15) is 20.8 Å². The zero-order valence-corrected chi connectivity index (χ0v) is 9.53. The van der Waals surface area contributed by atoms with Crippen molar-refractivity contribution in [2.24, 2.45) is 11.1 Å². The van der Waals surface area contributed by atoms with Crippen molar-refractivity contribution in [2.75, 3.05) is 6.61 Å². The number of rotatable bonds is 3. The molecular weight excluding hydrogens is 190 g/mol. The Hall–Kier alpha value is -1.22.